The van der Waals surface area contributed by atoms with Gasteiger partial charge in [-0.05, 0) is 43.9 Å². The Balaban J connectivity index is 1.53. The number of hydrogen-bond donors (Lipinski definition) is 3. The molecular formula is C35H49N2O7P. The molecule has 2 atom stereocenters. The summed E-state index contributed by atoms with van der Waals surface area (Å²) in [5.41, 5.74) is 1.72. The van der Waals surface area contributed by atoms with Crippen molar-refractivity contribution in [2.75, 3.05) is 26.0 Å². The smallest absolute Gasteiger partial charge is 0.407 e. The van der Waals surface area contributed by atoms with Gasteiger partial charge in [-0.15, -0.1) is 0 Å². The second-order valence-corrected chi connectivity index (χ2v) is 14.9. The molecule has 9 nitrogen and oxygen atoms in total. The Bertz CT molecular complexity index is 1270. The molecule has 3 aromatic rings. The number of carbonyl (C=O) groups excluding carboxylic acids is 1. The van der Waals surface area contributed by atoms with E-state index < -0.39 is 31.4 Å². The summed E-state index contributed by atoms with van der Waals surface area (Å²) in [6.07, 6.45) is -1.22. The van der Waals surface area contributed by atoms with Gasteiger partial charge < -0.3 is 34.3 Å². The number of carbonyl (C=O) groups is 1. The molecule has 246 valence electrons. The Morgan fingerprint density at radius 1 is 0.800 bits per heavy atom. The van der Waals surface area contributed by atoms with Crippen LogP contribution in [0.5, 0.6) is 0 Å². The molecule has 0 unspecified atom stereocenters. The van der Waals surface area contributed by atoms with Crippen molar-refractivity contribution in [1.82, 2.24) is 10.6 Å². The molecule has 0 aliphatic carbocycles. The summed E-state index contributed by atoms with van der Waals surface area (Å²) in [5.74, 6) is 0. The van der Waals surface area contributed by atoms with Crippen LogP contribution in [0.3, 0.4) is 0 Å². The van der Waals surface area contributed by atoms with Crippen LogP contribution in [-0.2, 0) is 42.7 Å². The number of amides is 1. The predicted octanol–water partition coefficient (Wildman–Crippen LogP) is 6.70. The SMILES string of the molecule is CC(C)(CNC[C@@H](O)[C@H](Cc1ccccc1)NC(=O)OC(C)(C)C)COCP(=O)(OCc1ccccc1)OCc1ccccc1. The summed E-state index contributed by atoms with van der Waals surface area (Å²) in [4.78, 5) is 12.5. The van der Waals surface area contributed by atoms with E-state index in [1.54, 1.807) is 20.8 Å². The molecule has 10 heteroatoms. The highest BCUT2D eigenvalue weighted by molar-refractivity contribution is 7.53. The highest BCUT2D eigenvalue weighted by atomic mass is 31.2. The molecule has 0 saturated heterocycles. The normalized spacial score (nSPS) is 13.6. The number of benzene rings is 3. The first-order valence-electron chi connectivity index (χ1n) is 15.3. The van der Waals surface area contributed by atoms with Crippen molar-refractivity contribution in [2.24, 2.45) is 5.41 Å². The van der Waals surface area contributed by atoms with Gasteiger partial charge in [0, 0.05) is 18.5 Å². The summed E-state index contributed by atoms with van der Waals surface area (Å²) in [5, 5.41) is 17.2. The van der Waals surface area contributed by atoms with E-state index >= 15 is 0 Å². The maximum Gasteiger partial charge on any atom is 0.407 e. The Kier molecular flexibility index (Phi) is 14.2. The van der Waals surface area contributed by atoms with Crippen molar-refractivity contribution in [2.45, 2.75) is 72.0 Å². The molecule has 0 aliphatic heterocycles. The quantitative estimate of drug-likeness (QED) is 0.132. The van der Waals surface area contributed by atoms with Crippen LogP contribution >= 0.6 is 7.60 Å². The van der Waals surface area contributed by atoms with Gasteiger partial charge in [-0.1, -0.05) is 105 Å². The number of ether oxygens (including phenoxy) is 2. The molecule has 0 spiro atoms. The van der Waals surface area contributed by atoms with Crippen molar-refractivity contribution in [3.63, 3.8) is 0 Å². The van der Waals surface area contributed by atoms with Crippen LogP contribution in [0, 0.1) is 5.41 Å². The van der Waals surface area contributed by atoms with Gasteiger partial charge in [0.15, 0.2) is 0 Å². The van der Waals surface area contributed by atoms with Crippen LogP contribution in [0.4, 0.5) is 4.79 Å². The summed E-state index contributed by atoms with van der Waals surface area (Å²) in [7, 11) is -3.59. The summed E-state index contributed by atoms with van der Waals surface area (Å²) < 4.78 is 36.7. The van der Waals surface area contributed by atoms with Crippen LogP contribution in [-0.4, -0.2) is 55.0 Å². The van der Waals surface area contributed by atoms with Gasteiger partial charge in [0.05, 0.1) is 32.0 Å². The summed E-state index contributed by atoms with van der Waals surface area (Å²) in [6.45, 7) is 10.7. The second kappa shape index (κ2) is 17.6. The molecule has 3 rings (SSSR count). The van der Waals surface area contributed by atoms with Crippen molar-refractivity contribution in [3.8, 4) is 0 Å². The molecule has 3 aromatic carbocycles. The first kappa shape index (κ1) is 36.4. The first-order chi connectivity index (χ1) is 21.3. The average Bonchev–Trinajstić information content (AvgIpc) is 2.99. The maximum atomic E-state index is 13.7. The number of alkyl carbamates (subject to hydrolysis) is 1. The zero-order chi connectivity index (χ0) is 32.8. The van der Waals surface area contributed by atoms with E-state index in [9.17, 15) is 14.5 Å². The Morgan fingerprint density at radius 2 is 1.29 bits per heavy atom. The third-order valence-corrected chi connectivity index (χ3v) is 8.25. The van der Waals surface area contributed by atoms with Gasteiger partial charge >= 0.3 is 13.7 Å². The van der Waals surface area contributed by atoms with E-state index in [0.29, 0.717) is 13.0 Å². The fourth-order valence-corrected chi connectivity index (χ4v) is 5.63. The average molecular weight is 641 g/mol. The molecule has 0 fully saturated rings. The number of aliphatic hydroxyl groups is 1. The maximum absolute atomic E-state index is 13.7. The number of nitrogens with one attached hydrogen (secondary N) is 2. The Labute approximate surface area is 268 Å². The minimum Gasteiger partial charge on any atom is -0.444 e. The van der Waals surface area contributed by atoms with Gasteiger partial charge in [0.1, 0.15) is 11.9 Å². The first-order valence-corrected chi connectivity index (χ1v) is 17.0. The van der Waals surface area contributed by atoms with Crippen molar-refractivity contribution in [3.05, 3.63) is 108 Å². The molecule has 0 heterocycles. The molecule has 3 N–H and O–H groups in total. The molecule has 45 heavy (non-hydrogen) atoms. The van der Waals surface area contributed by atoms with Crippen LogP contribution in [0.2, 0.25) is 0 Å². The number of rotatable bonds is 18. The lowest BCUT2D eigenvalue weighted by Gasteiger charge is -2.29. The van der Waals surface area contributed by atoms with E-state index in [1.165, 1.54) is 0 Å². The fourth-order valence-electron chi connectivity index (χ4n) is 4.40. The predicted molar refractivity (Wildman–Crippen MR) is 177 cm³/mol. The van der Waals surface area contributed by atoms with Crippen LogP contribution < -0.4 is 10.6 Å². The van der Waals surface area contributed by atoms with Crippen LogP contribution in [0.25, 0.3) is 0 Å². The minimum absolute atomic E-state index is 0.139. The largest absolute Gasteiger partial charge is 0.444 e. The number of aliphatic hydroxyl groups excluding tert-OH is 1. The van der Waals surface area contributed by atoms with Crippen molar-refractivity contribution in [1.29, 1.82) is 0 Å². The fraction of sp³-hybridized carbons (Fsp3) is 0.457. The summed E-state index contributed by atoms with van der Waals surface area (Å²) in [6, 6.07) is 28.1. The lowest BCUT2D eigenvalue weighted by Crippen LogP contribution is -2.50. The van der Waals surface area contributed by atoms with Gasteiger partial charge in [-0.2, -0.15) is 0 Å². The third-order valence-electron chi connectivity index (χ3n) is 6.71. The van der Waals surface area contributed by atoms with E-state index in [4.69, 9.17) is 18.5 Å². The monoisotopic (exact) mass is 640 g/mol. The van der Waals surface area contributed by atoms with Gasteiger partial charge in [0.25, 0.3) is 0 Å². The van der Waals surface area contributed by atoms with Gasteiger partial charge in [-0.25, -0.2) is 4.79 Å². The van der Waals surface area contributed by atoms with Gasteiger partial charge in [0.2, 0.25) is 0 Å². The van der Waals surface area contributed by atoms with E-state index in [0.717, 1.165) is 16.7 Å². The van der Waals surface area contributed by atoms with Crippen molar-refractivity contribution >= 4 is 13.7 Å². The molecule has 0 radical (unpaired) electrons. The molecule has 0 bridgehead atoms. The molecule has 0 aromatic heterocycles. The highest BCUT2D eigenvalue weighted by Crippen LogP contribution is 2.50. The van der Waals surface area contributed by atoms with E-state index in [2.05, 4.69) is 10.6 Å². The van der Waals surface area contributed by atoms with Crippen LogP contribution in [0.1, 0.15) is 51.3 Å². The highest BCUT2D eigenvalue weighted by Gasteiger charge is 2.29. The topological polar surface area (TPSA) is 115 Å². The zero-order valence-corrected chi connectivity index (χ0v) is 28.0. The number of hydrogen-bond acceptors (Lipinski definition) is 8. The third kappa shape index (κ3) is 14.7. The Morgan fingerprint density at radius 3 is 1.78 bits per heavy atom. The molecule has 0 saturated carbocycles. The minimum atomic E-state index is -3.59. The molecule has 0 aliphatic rings. The molecule has 1 amide bonds. The standard InChI is InChI=1S/C35H49N2O7P/c1-34(2,3)44-33(39)37-31(21-28-15-9-6-10-16-28)32(38)22-36-25-35(4,5)26-41-27-45(40,42-23-29-17-11-7-12-18-29)43-24-30-19-13-8-14-20-30/h6-20,31-32,36,38H,21-27H2,1-5H3,(H,37,39)/t31-,32+/m0/s1. The summed E-state index contributed by atoms with van der Waals surface area (Å²) >= 11 is 0. The lowest BCUT2D eigenvalue weighted by atomic mass is 9.94. The van der Waals surface area contributed by atoms with E-state index in [1.807, 2.05) is 105 Å². The Hall–Kier alpha value is -3.04. The van der Waals surface area contributed by atoms with Crippen LogP contribution in [0.15, 0.2) is 91.0 Å². The van der Waals surface area contributed by atoms with Gasteiger partial charge in [-0.3, -0.25) is 4.57 Å². The van der Waals surface area contributed by atoms with Crippen molar-refractivity contribution < 1.29 is 33.0 Å². The molecular weight excluding hydrogens is 591 g/mol. The second-order valence-electron chi connectivity index (χ2n) is 12.9. The lowest BCUT2D eigenvalue weighted by molar-refractivity contribution is 0.0409. The zero-order valence-electron chi connectivity index (χ0n) is 27.1. The van der Waals surface area contributed by atoms with E-state index in [-0.39, 0.29) is 38.1 Å².